The maximum Gasteiger partial charge on any atom is 0.416 e. The molecule has 0 radical (unpaired) electrons. The Morgan fingerprint density at radius 2 is 1.70 bits per heavy atom. The van der Waals surface area contributed by atoms with Crippen LogP contribution in [0.25, 0.3) is 0 Å². The lowest BCUT2D eigenvalue weighted by molar-refractivity contribution is -0.143. The van der Waals surface area contributed by atoms with Gasteiger partial charge < -0.3 is 5.32 Å². The summed E-state index contributed by atoms with van der Waals surface area (Å²) in [5.41, 5.74) is -1.61. The third kappa shape index (κ3) is 6.94. The number of carbonyl (C=O) groups excluding carboxylic acids is 1. The van der Waals surface area contributed by atoms with Crippen LogP contribution < -0.4 is 5.32 Å². The standard InChI is InChI=1S/C27H33F6N3O/c1-2-18-14-24(37)35-25(34-21-5-3-4-6-21)22(18)13-17-9-11-36(12-10-17)16-19-7-8-20(26(28,29)30)15-23(19)27(31,32)33/h7-8,13,15,17-18,21H,2-6,9-12,14,16H2,1H3,(H,34,35,37)/b22-13+. The largest absolute Gasteiger partial charge is 0.416 e. The number of hydrogen-bond acceptors (Lipinski definition) is 3. The number of rotatable bonds is 5. The van der Waals surface area contributed by atoms with E-state index in [4.69, 9.17) is 4.99 Å². The third-order valence-corrected chi connectivity index (χ3v) is 7.72. The van der Waals surface area contributed by atoms with Crippen molar-refractivity contribution in [2.24, 2.45) is 16.8 Å². The van der Waals surface area contributed by atoms with Gasteiger partial charge in [-0.05, 0) is 80.3 Å². The van der Waals surface area contributed by atoms with Crippen molar-refractivity contribution in [2.75, 3.05) is 13.1 Å². The normalized spacial score (nSPS) is 25.3. The van der Waals surface area contributed by atoms with E-state index < -0.39 is 23.5 Å². The van der Waals surface area contributed by atoms with E-state index in [1.807, 2.05) is 4.90 Å². The van der Waals surface area contributed by atoms with Crippen molar-refractivity contribution >= 4 is 11.7 Å². The van der Waals surface area contributed by atoms with E-state index in [-0.39, 0.29) is 42.0 Å². The van der Waals surface area contributed by atoms with Crippen LogP contribution in [0.5, 0.6) is 0 Å². The van der Waals surface area contributed by atoms with Gasteiger partial charge in [-0.3, -0.25) is 14.7 Å². The van der Waals surface area contributed by atoms with Gasteiger partial charge in [0.05, 0.1) is 17.2 Å². The first-order valence-electron chi connectivity index (χ1n) is 13.0. The highest BCUT2D eigenvalue weighted by Gasteiger charge is 2.38. The van der Waals surface area contributed by atoms with Crippen LogP contribution in [0.15, 0.2) is 34.8 Å². The van der Waals surface area contributed by atoms with Crippen molar-refractivity contribution < 1.29 is 31.1 Å². The molecule has 3 aliphatic rings. The van der Waals surface area contributed by atoms with E-state index in [1.165, 1.54) is 0 Å². The molecule has 1 amide bonds. The fourth-order valence-electron chi connectivity index (χ4n) is 5.61. The molecule has 1 aromatic rings. The second-order valence-electron chi connectivity index (χ2n) is 10.4. The molecule has 1 unspecified atom stereocenters. The first-order valence-corrected chi connectivity index (χ1v) is 13.0. The van der Waals surface area contributed by atoms with Crippen LogP contribution in [-0.2, 0) is 23.7 Å². The lowest BCUT2D eigenvalue weighted by Gasteiger charge is -2.33. The Balaban J connectivity index is 1.46. The lowest BCUT2D eigenvalue weighted by Crippen LogP contribution is -2.42. The van der Waals surface area contributed by atoms with Crippen molar-refractivity contribution in [3.8, 4) is 0 Å². The summed E-state index contributed by atoms with van der Waals surface area (Å²) < 4.78 is 79.6. The molecule has 4 rings (SSSR count). The number of halogens is 6. The molecule has 0 spiro atoms. The number of nitrogens with one attached hydrogen (secondary N) is 1. The molecule has 0 aromatic heterocycles. The number of amides is 1. The van der Waals surface area contributed by atoms with Crippen LogP contribution in [0.2, 0.25) is 0 Å². The number of allylic oxidation sites excluding steroid dienone is 1. The minimum Gasteiger partial charge on any atom is -0.311 e. The van der Waals surface area contributed by atoms with E-state index in [9.17, 15) is 31.1 Å². The Bertz CT molecular complexity index is 1030. The average molecular weight is 530 g/mol. The molecule has 2 aliphatic heterocycles. The predicted molar refractivity (Wildman–Crippen MR) is 129 cm³/mol. The number of nitrogens with zero attached hydrogens (tertiary/aromatic N) is 2. The number of carbonyl (C=O) groups is 1. The van der Waals surface area contributed by atoms with Crippen molar-refractivity contribution in [3.05, 3.63) is 46.5 Å². The highest BCUT2D eigenvalue weighted by atomic mass is 19.4. The molecule has 2 heterocycles. The van der Waals surface area contributed by atoms with Gasteiger partial charge in [0, 0.05) is 13.0 Å². The van der Waals surface area contributed by atoms with Crippen LogP contribution in [0, 0.1) is 11.8 Å². The molecule has 1 aromatic carbocycles. The highest BCUT2D eigenvalue weighted by Crippen LogP contribution is 2.38. The second kappa shape index (κ2) is 11.2. The number of aliphatic imine (C=N–C) groups is 1. The van der Waals surface area contributed by atoms with Gasteiger partial charge >= 0.3 is 12.4 Å². The van der Waals surface area contributed by atoms with Gasteiger partial charge in [0.15, 0.2) is 0 Å². The molecular weight excluding hydrogens is 496 g/mol. The zero-order valence-corrected chi connectivity index (χ0v) is 20.9. The molecule has 1 saturated carbocycles. The number of alkyl halides is 6. The first-order chi connectivity index (χ1) is 17.4. The van der Waals surface area contributed by atoms with E-state index in [0.29, 0.717) is 38.2 Å². The molecule has 2 saturated heterocycles. The van der Waals surface area contributed by atoms with Crippen LogP contribution in [-0.4, -0.2) is 35.8 Å². The summed E-state index contributed by atoms with van der Waals surface area (Å²) in [5, 5.41) is 2.97. The summed E-state index contributed by atoms with van der Waals surface area (Å²) in [6.07, 6.45) is -0.532. The maximum absolute atomic E-state index is 13.5. The van der Waals surface area contributed by atoms with E-state index in [2.05, 4.69) is 18.3 Å². The number of hydrogen-bond donors (Lipinski definition) is 1. The zero-order chi connectivity index (χ0) is 26.8. The van der Waals surface area contributed by atoms with E-state index in [1.54, 1.807) is 0 Å². The second-order valence-corrected chi connectivity index (χ2v) is 10.4. The minimum absolute atomic E-state index is 0.0208. The number of piperidine rings is 2. The molecule has 1 atom stereocenters. The summed E-state index contributed by atoms with van der Waals surface area (Å²) >= 11 is 0. The molecule has 37 heavy (non-hydrogen) atoms. The Morgan fingerprint density at radius 1 is 1.03 bits per heavy atom. The summed E-state index contributed by atoms with van der Waals surface area (Å²) in [6, 6.07) is 2.10. The van der Waals surface area contributed by atoms with Gasteiger partial charge in [-0.1, -0.05) is 31.9 Å². The molecule has 10 heteroatoms. The Kier molecular flexibility index (Phi) is 8.35. The molecule has 0 bridgehead atoms. The molecule has 204 valence electrons. The average Bonchev–Trinajstić information content (AvgIpc) is 3.33. The minimum atomic E-state index is -4.87. The maximum atomic E-state index is 13.5. The quantitative estimate of drug-likeness (QED) is 0.429. The van der Waals surface area contributed by atoms with Gasteiger partial charge in [0.1, 0.15) is 5.84 Å². The highest BCUT2D eigenvalue weighted by molar-refractivity contribution is 6.11. The molecule has 3 fully saturated rings. The third-order valence-electron chi connectivity index (χ3n) is 7.72. The SMILES string of the molecule is CCC1CC(=O)NC(=NC2CCCC2)/C1=C/C1CCN(Cc2ccc(C(F)(F)F)cc2C(F)(F)F)CC1. The Morgan fingerprint density at radius 3 is 2.30 bits per heavy atom. The lowest BCUT2D eigenvalue weighted by atomic mass is 9.84. The van der Waals surface area contributed by atoms with Crippen molar-refractivity contribution in [3.63, 3.8) is 0 Å². The van der Waals surface area contributed by atoms with Gasteiger partial charge in [0.2, 0.25) is 5.91 Å². The number of benzene rings is 1. The monoisotopic (exact) mass is 529 g/mol. The van der Waals surface area contributed by atoms with E-state index >= 15 is 0 Å². The topological polar surface area (TPSA) is 44.7 Å². The Hall–Kier alpha value is -2.36. The number of amidine groups is 1. The zero-order valence-electron chi connectivity index (χ0n) is 20.9. The molecule has 1 aliphatic carbocycles. The predicted octanol–water partition coefficient (Wildman–Crippen LogP) is 6.75. The fraction of sp³-hybridized carbons (Fsp3) is 0.630. The van der Waals surface area contributed by atoms with Crippen LogP contribution >= 0.6 is 0 Å². The van der Waals surface area contributed by atoms with Crippen LogP contribution in [0.1, 0.15) is 75.0 Å². The fourth-order valence-corrected chi connectivity index (χ4v) is 5.61. The summed E-state index contributed by atoms with van der Waals surface area (Å²) in [4.78, 5) is 19.0. The molecule has 1 N–H and O–H groups in total. The first kappa shape index (κ1) is 27.7. The smallest absolute Gasteiger partial charge is 0.311 e. The van der Waals surface area contributed by atoms with Crippen LogP contribution in [0.4, 0.5) is 26.3 Å². The summed E-state index contributed by atoms with van der Waals surface area (Å²) in [5.74, 6) is 0.941. The van der Waals surface area contributed by atoms with E-state index in [0.717, 1.165) is 49.8 Å². The van der Waals surface area contributed by atoms with Gasteiger partial charge in [-0.25, -0.2) is 0 Å². The number of likely N-dealkylation sites (tertiary alicyclic amines) is 1. The summed E-state index contributed by atoms with van der Waals surface area (Å²) in [7, 11) is 0. The molecular formula is C27H33F6N3O. The van der Waals surface area contributed by atoms with Crippen molar-refractivity contribution in [1.82, 2.24) is 10.2 Å². The van der Waals surface area contributed by atoms with Crippen molar-refractivity contribution in [1.29, 1.82) is 0 Å². The van der Waals surface area contributed by atoms with Crippen molar-refractivity contribution in [2.45, 2.75) is 83.2 Å². The Labute approximate surface area is 213 Å². The van der Waals surface area contributed by atoms with Gasteiger partial charge in [0.25, 0.3) is 0 Å². The molecule has 4 nitrogen and oxygen atoms in total. The van der Waals surface area contributed by atoms with Gasteiger partial charge in [-0.15, -0.1) is 0 Å². The van der Waals surface area contributed by atoms with Crippen LogP contribution in [0.3, 0.4) is 0 Å². The van der Waals surface area contributed by atoms with Gasteiger partial charge in [-0.2, -0.15) is 26.3 Å². The summed E-state index contributed by atoms with van der Waals surface area (Å²) in [6.45, 7) is 3.06.